The molecule has 1 fully saturated rings. The predicted octanol–water partition coefficient (Wildman–Crippen LogP) is 2.29. The summed E-state index contributed by atoms with van der Waals surface area (Å²) in [5.41, 5.74) is 0.674. The van der Waals surface area contributed by atoms with Gasteiger partial charge in [0.25, 0.3) is 5.91 Å². The van der Waals surface area contributed by atoms with Crippen LogP contribution in [0.1, 0.15) is 23.4 Å². The predicted molar refractivity (Wildman–Crippen MR) is 97.4 cm³/mol. The second-order valence-electron chi connectivity index (χ2n) is 6.52. The first kappa shape index (κ1) is 19.4. The number of anilines is 1. The molecule has 1 N–H and O–H groups in total. The summed E-state index contributed by atoms with van der Waals surface area (Å²) in [5.74, 6) is -2.53. The second kappa shape index (κ2) is 7.47. The van der Waals surface area contributed by atoms with Crippen molar-refractivity contribution in [3.8, 4) is 0 Å². The maximum atomic E-state index is 14.0. The highest BCUT2D eigenvalue weighted by atomic mass is 32.2. The Morgan fingerprint density at radius 1 is 1.32 bits per heavy atom. The van der Waals surface area contributed by atoms with Gasteiger partial charge in [0.05, 0.1) is 12.2 Å². The minimum atomic E-state index is -4.34. The van der Waals surface area contributed by atoms with Crippen LogP contribution in [0, 0.1) is 11.6 Å². The Morgan fingerprint density at radius 3 is 2.75 bits per heavy atom. The molecule has 150 valence electrons. The van der Waals surface area contributed by atoms with Crippen LogP contribution in [0.4, 0.5) is 13.9 Å². The topological polar surface area (TPSA) is 88.6 Å². The Hall–Kier alpha value is -1.95. The van der Waals surface area contributed by atoms with Crippen LogP contribution in [0.3, 0.4) is 0 Å². The third-order valence-electron chi connectivity index (χ3n) is 4.67. The van der Waals surface area contributed by atoms with Crippen molar-refractivity contribution in [1.82, 2.24) is 9.29 Å². The Bertz CT molecular complexity index is 999. The monoisotopic (exact) mass is 429 g/mol. The molecule has 0 saturated carbocycles. The lowest BCUT2D eigenvalue weighted by atomic mass is 10.2. The molecule has 11 heteroatoms. The van der Waals surface area contributed by atoms with Gasteiger partial charge >= 0.3 is 0 Å². The summed E-state index contributed by atoms with van der Waals surface area (Å²) in [6.45, 7) is 0.538. The Morgan fingerprint density at radius 2 is 2.07 bits per heavy atom. The van der Waals surface area contributed by atoms with Crippen molar-refractivity contribution in [2.75, 3.05) is 18.5 Å². The summed E-state index contributed by atoms with van der Waals surface area (Å²) < 4.78 is 59.8. The number of nitrogens with zero attached hydrogens (tertiary/aromatic N) is 2. The summed E-state index contributed by atoms with van der Waals surface area (Å²) in [5, 5.41) is 3.06. The number of carbonyl (C=O) groups is 1. The molecule has 1 saturated heterocycles. The number of hydrogen-bond acceptors (Lipinski definition) is 6. The van der Waals surface area contributed by atoms with Gasteiger partial charge in [-0.3, -0.25) is 10.1 Å². The van der Waals surface area contributed by atoms with E-state index in [2.05, 4.69) is 10.3 Å². The lowest BCUT2D eigenvalue weighted by molar-refractivity contribution is -0.124. The first-order valence-electron chi connectivity index (χ1n) is 8.71. The van der Waals surface area contributed by atoms with E-state index in [0.29, 0.717) is 28.7 Å². The van der Waals surface area contributed by atoms with Crippen molar-refractivity contribution in [3.63, 3.8) is 0 Å². The Balaban J connectivity index is 1.53. The molecule has 7 nitrogen and oxygen atoms in total. The number of thiazole rings is 1. The Labute approximate surface area is 164 Å². The molecule has 0 spiro atoms. The maximum absolute atomic E-state index is 14.0. The average molecular weight is 429 g/mol. The number of ether oxygens (including phenoxy) is 1. The zero-order chi connectivity index (χ0) is 19.9. The average Bonchev–Trinajstić information content (AvgIpc) is 3.30. The highest BCUT2D eigenvalue weighted by molar-refractivity contribution is 7.89. The van der Waals surface area contributed by atoms with Crippen LogP contribution in [0.2, 0.25) is 0 Å². The minimum absolute atomic E-state index is 0.0476. The van der Waals surface area contributed by atoms with Crippen LogP contribution in [0.5, 0.6) is 0 Å². The zero-order valence-electron chi connectivity index (χ0n) is 14.7. The van der Waals surface area contributed by atoms with E-state index in [-0.39, 0.29) is 25.4 Å². The number of benzene rings is 1. The zero-order valence-corrected chi connectivity index (χ0v) is 16.3. The molecular weight excluding hydrogens is 412 g/mol. The molecule has 28 heavy (non-hydrogen) atoms. The first-order valence-corrected chi connectivity index (χ1v) is 11.0. The molecule has 1 aromatic heterocycles. The molecule has 0 aliphatic carbocycles. The third-order valence-corrected chi connectivity index (χ3v) is 7.56. The van der Waals surface area contributed by atoms with Crippen molar-refractivity contribution in [2.45, 2.75) is 36.8 Å². The van der Waals surface area contributed by atoms with Crippen LogP contribution in [-0.2, 0) is 32.5 Å². The lowest BCUT2D eigenvalue weighted by Gasteiger charge is -2.25. The highest BCUT2D eigenvalue weighted by Gasteiger charge is 2.34. The minimum Gasteiger partial charge on any atom is -0.368 e. The normalized spacial score (nSPS) is 20.1. The number of amides is 1. The highest BCUT2D eigenvalue weighted by Crippen LogP contribution is 2.32. The van der Waals surface area contributed by atoms with E-state index < -0.39 is 32.7 Å². The van der Waals surface area contributed by atoms with Gasteiger partial charge in [0.15, 0.2) is 10.0 Å². The third kappa shape index (κ3) is 3.54. The van der Waals surface area contributed by atoms with Crippen molar-refractivity contribution >= 4 is 32.4 Å². The van der Waals surface area contributed by atoms with E-state index >= 15 is 0 Å². The van der Waals surface area contributed by atoms with Crippen molar-refractivity contribution in [2.24, 2.45) is 0 Å². The summed E-state index contributed by atoms with van der Waals surface area (Å²) in [7, 11) is -4.34. The van der Waals surface area contributed by atoms with Crippen LogP contribution in [0.25, 0.3) is 0 Å². The number of nitrogens with one attached hydrogen (secondary N) is 1. The fraction of sp³-hybridized carbons (Fsp3) is 0.412. The van der Waals surface area contributed by atoms with Gasteiger partial charge in [-0.1, -0.05) is 6.07 Å². The van der Waals surface area contributed by atoms with Gasteiger partial charge in [0.2, 0.25) is 10.0 Å². The summed E-state index contributed by atoms with van der Waals surface area (Å²) in [4.78, 5) is 16.2. The van der Waals surface area contributed by atoms with E-state index in [1.165, 1.54) is 0 Å². The quantitative estimate of drug-likeness (QED) is 0.806. The van der Waals surface area contributed by atoms with Gasteiger partial charge in [-0.2, -0.15) is 4.31 Å². The maximum Gasteiger partial charge on any atom is 0.255 e. The molecule has 0 radical (unpaired) electrons. The Kier molecular flexibility index (Phi) is 5.17. The molecular formula is C17H17F2N3O4S2. The van der Waals surface area contributed by atoms with Gasteiger partial charge in [-0.05, 0) is 25.0 Å². The number of sulfonamides is 1. The van der Waals surface area contributed by atoms with Gasteiger partial charge < -0.3 is 4.74 Å². The van der Waals surface area contributed by atoms with Crippen molar-refractivity contribution in [3.05, 3.63) is 40.4 Å². The molecule has 2 aliphatic heterocycles. The molecule has 2 aliphatic rings. The largest absolute Gasteiger partial charge is 0.368 e. The van der Waals surface area contributed by atoms with E-state index in [1.807, 2.05) is 0 Å². The van der Waals surface area contributed by atoms with E-state index in [0.717, 1.165) is 40.3 Å². The van der Waals surface area contributed by atoms with Crippen LogP contribution >= 0.6 is 11.3 Å². The van der Waals surface area contributed by atoms with E-state index in [4.69, 9.17) is 4.74 Å². The molecule has 1 unspecified atom stereocenters. The van der Waals surface area contributed by atoms with Crippen molar-refractivity contribution in [1.29, 1.82) is 0 Å². The number of hydrogen-bond donors (Lipinski definition) is 1. The second-order valence-corrected chi connectivity index (χ2v) is 9.48. The van der Waals surface area contributed by atoms with Crippen LogP contribution < -0.4 is 5.32 Å². The van der Waals surface area contributed by atoms with E-state index in [1.54, 1.807) is 0 Å². The molecule has 1 aromatic carbocycles. The van der Waals surface area contributed by atoms with Gasteiger partial charge in [0, 0.05) is 24.4 Å². The van der Waals surface area contributed by atoms with Gasteiger partial charge in [-0.15, -0.1) is 11.3 Å². The SMILES string of the molecule is O=C(Nc1nc2c(s1)CN(S(=O)(=O)c1c(F)cccc1F)CC2)C1CCCO1. The number of halogens is 2. The van der Waals surface area contributed by atoms with Gasteiger partial charge in [-0.25, -0.2) is 22.2 Å². The molecule has 3 heterocycles. The number of carbonyl (C=O) groups excluding carboxylic acids is 1. The molecule has 2 aromatic rings. The summed E-state index contributed by atoms with van der Waals surface area (Å²) in [6.07, 6.45) is 1.27. The van der Waals surface area contributed by atoms with Crippen molar-refractivity contribution < 1.29 is 26.7 Å². The number of aromatic nitrogens is 1. The molecule has 4 rings (SSSR count). The van der Waals surface area contributed by atoms with E-state index in [9.17, 15) is 22.0 Å². The fourth-order valence-corrected chi connectivity index (χ4v) is 5.89. The molecule has 1 atom stereocenters. The van der Waals surface area contributed by atoms with Crippen LogP contribution in [0.15, 0.2) is 23.1 Å². The fourth-order valence-electron chi connectivity index (χ4n) is 3.26. The lowest BCUT2D eigenvalue weighted by Crippen LogP contribution is -2.36. The van der Waals surface area contributed by atoms with Crippen LogP contribution in [-0.4, -0.2) is 42.9 Å². The number of rotatable bonds is 4. The molecule has 1 amide bonds. The summed E-state index contributed by atoms with van der Waals surface area (Å²) in [6, 6.07) is 2.94. The standard InChI is InChI=1S/C17H17F2N3O4S2/c18-10-3-1-4-11(19)15(10)28(24,25)22-7-6-12-14(9-22)27-17(20-12)21-16(23)13-5-2-8-26-13/h1,3-4,13H,2,5-9H2,(H,20,21,23). The summed E-state index contributed by atoms with van der Waals surface area (Å²) >= 11 is 1.15. The smallest absolute Gasteiger partial charge is 0.255 e. The first-order chi connectivity index (χ1) is 13.4. The molecule has 0 bridgehead atoms. The van der Waals surface area contributed by atoms with Gasteiger partial charge in [0.1, 0.15) is 17.7 Å². The number of fused-ring (bicyclic) bond motifs is 1.